The second kappa shape index (κ2) is 4.05. The second-order valence-electron chi connectivity index (χ2n) is 4.87. The van der Waals surface area contributed by atoms with Gasteiger partial charge in [0.25, 0.3) is 0 Å². The van der Waals surface area contributed by atoms with E-state index in [1.54, 1.807) is 0 Å². The van der Waals surface area contributed by atoms with Gasteiger partial charge in [0.05, 0.1) is 11.7 Å². The average molecular weight is 251 g/mol. The van der Waals surface area contributed by atoms with E-state index in [1.165, 1.54) is 12.8 Å². The number of hydrogen-bond acceptors (Lipinski definition) is 4. The van der Waals surface area contributed by atoms with Crippen LogP contribution in [0, 0.1) is 0 Å². The van der Waals surface area contributed by atoms with Gasteiger partial charge in [-0.25, -0.2) is 9.97 Å². The van der Waals surface area contributed by atoms with E-state index in [0.29, 0.717) is 5.92 Å². The summed E-state index contributed by atoms with van der Waals surface area (Å²) in [5.74, 6) is 2.37. The predicted molar refractivity (Wildman–Crippen MR) is 73.4 cm³/mol. The van der Waals surface area contributed by atoms with Crippen LogP contribution in [-0.4, -0.2) is 20.2 Å². The van der Waals surface area contributed by atoms with Crippen molar-refractivity contribution in [1.29, 1.82) is 0 Å². The van der Waals surface area contributed by atoms with Crippen molar-refractivity contribution in [3.05, 3.63) is 42.5 Å². The summed E-state index contributed by atoms with van der Waals surface area (Å²) in [6, 6.07) is 7.97. The lowest BCUT2D eigenvalue weighted by Crippen LogP contribution is -1.98. The molecule has 0 unspecified atom stereocenters. The molecule has 1 fully saturated rings. The van der Waals surface area contributed by atoms with Gasteiger partial charge in [0.2, 0.25) is 0 Å². The van der Waals surface area contributed by atoms with Gasteiger partial charge < -0.3 is 5.32 Å². The fourth-order valence-electron chi connectivity index (χ4n) is 2.15. The number of H-pyrrole nitrogens is 1. The van der Waals surface area contributed by atoms with Gasteiger partial charge in [-0.2, -0.15) is 5.10 Å². The van der Waals surface area contributed by atoms with E-state index in [1.807, 2.05) is 30.6 Å². The molecule has 94 valence electrons. The van der Waals surface area contributed by atoms with E-state index in [9.17, 15) is 0 Å². The molecule has 0 aliphatic heterocycles. The van der Waals surface area contributed by atoms with Gasteiger partial charge in [-0.05, 0) is 37.1 Å². The molecule has 0 saturated heterocycles. The lowest BCUT2D eigenvalue weighted by atomic mass is 10.2. The van der Waals surface area contributed by atoms with E-state index in [4.69, 9.17) is 0 Å². The first-order valence-corrected chi connectivity index (χ1v) is 6.41. The Bertz CT molecular complexity index is 729. The van der Waals surface area contributed by atoms with E-state index >= 15 is 0 Å². The fraction of sp³-hybridized carbons (Fsp3) is 0.214. The van der Waals surface area contributed by atoms with Gasteiger partial charge >= 0.3 is 0 Å². The number of fused-ring (bicyclic) bond motifs is 1. The van der Waals surface area contributed by atoms with E-state index in [2.05, 4.69) is 31.5 Å². The Balaban J connectivity index is 1.64. The molecule has 4 rings (SSSR count). The molecule has 1 saturated carbocycles. The van der Waals surface area contributed by atoms with E-state index in [-0.39, 0.29) is 0 Å². The van der Waals surface area contributed by atoms with Crippen molar-refractivity contribution in [2.24, 2.45) is 0 Å². The first-order valence-electron chi connectivity index (χ1n) is 6.41. The minimum atomic E-state index is 0.568. The van der Waals surface area contributed by atoms with Crippen LogP contribution in [0.4, 0.5) is 11.5 Å². The van der Waals surface area contributed by atoms with Crippen molar-refractivity contribution in [2.45, 2.75) is 18.8 Å². The fourth-order valence-corrected chi connectivity index (χ4v) is 2.15. The summed E-state index contributed by atoms with van der Waals surface area (Å²) in [5, 5.41) is 11.4. The Kier molecular flexibility index (Phi) is 2.24. The van der Waals surface area contributed by atoms with Crippen LogP contribution in [0.25, 0.3) is 10.9 Å². The van der Waals surface area contributed by atoms with E-state index < -0.39 is 0 Å². The molecule has 1 aromatic carbocycles. The smallest absolute Gasteiger partial charge is 0.134 e. The quantitative estimate of drug-likeness (QED) is 0.751. The summed E-state index contributed by atoms with van der Waals surface area (Å²) >= 11 is 0. The zero-order chi connectivity index (χ0) is 12.7. The third kappa shape index (κ3) is 2.03. The van der Waals surface area contributed by atoms with Gasteiger partial charge in [0, 0.05) is 23.2 Å². The topological polar surface area (TPSA) is 66.5 Å². The summed E-state index contributed by atoms with van der Waals surface area (Å²) in [6.45, 7) is 0. The Hall–Kier alpha value is -2.43. The summed E-state index contributed by atoms with van der Waals surface area (Å²) in [5.41, 5.74) is 2.04. The number of anilines is 2. The zero-order valence-electron chi connectivity index (χ0n) is 10.3. The van der Waals surface area contributed by atoms with Crippen molar-refractivity contribution in [3.8, 4) is 0 Å². The second-order valence-corrected chi connectivity index (χ2v) is 4.87. The molecule has 5 nitrogen and oxygen atoms in total. The normalized spacial score (nSPS) is 14.7. The number of hydrogen-bond donors (Lipinski definition) is 2. The highest BCUT2D eigenvalue weighted by molar-refractivity contribution is 5.82. The average Bonchev–Trinajstić information content (AvgIpc) is 3.18. The highest BCUT2D eigenvalue weighted by Crippen LogP contribution is 2.38. The highest BCUT2D eigenvalue weighted by atomic mass is 15.1. The Labute approximate surface area is 110 Å². The number of benzene rings is 1. The number of rotatable bonds is 3. The first kappa shape index (κ1) is 10.5. The Morgan fingerprint density at radius 3 is 3.05 bits per heavy atom. The molecule has 1 aliphatic rings. The molecule has 2 N–H and O–H groups in total. The van der Waals surface area contributed by atoms with Crippen molar-refractivity contribution in [1.82, 2.24) is 20.2 Å². The third-order valence-electron chi connectivity index (χ3n) is 3.33. The summed E-state index contributed by atoms with van der Waals surface area (Å²) in [7, 11) is 0. The van der Waals surface area contributed by atoms with Gasteiger partial charge in [-0.1, -0.05) is 0 Å². The van der Waals surface area contributed by atoms with Crippen LogP contribution in [0.15, 0.2) is 36.7 Å². The molecule has 0 bridgehead atoms. The molecule has 0 radical (unpaired) electrons. The van der Waals surface area contributed by atoms with Crippen LogP contribution in [0.3, 0.4) is 0 Å². The molecule has 19 heavy (non-hydrogen) atoms. The summed E-state index contributed by atoms with van der Waals surface area (Å²) < 4.78 is 0. The first-order chi connectivity index (χ1) is 9.38. The van der Waals surface area contributed by atoms with Crippen LogP contribution < -0.4 is 5.32 Å². The van der Waals surface area contributed by atoms with Crippen LogP contribution in [-0.2, 0) is 0 Å². The van der Waals surface area contributed by atoms with Crippen molar-refractivity contribution in [2.75, 3.05) is 5.32 Å². The van der Waals surface area contributed by atoms with Crippen molar-refractivity contribution in [3.63, 3.8) is 0 Å². The number of nitrogens with one attached hydrogen (secondary N) is 2. The van der Waals surface area contributed by atoms with Crippen LogP contribution in [0.2, 0.25) is 0 Å². The number of aromatic amines is 1. The number of nitrogens with zero attached hydrogens (tertiary/aromatic N) is 3. The molecule has 0 atom stereocenters. The molecule has 1 aliphatic carbocycles. The Morgan fingerprint density at radius 2 is 2.16 bits per heavy atom. The van der Waals surface area contributed by atoms with Crippen LogP contribution in [0.1, 0.15) is 24.6 Å². The highest BCUT2D eigenvalue weighted by Gasteiger charge is 2.26. The minimum absolute atomic E-state index is 0.568. The molecular formula is C14H13N5. The maximum atomic E-state index is 4.55. The monoisotopic (exact) mass is 251 g/mol. The predicted octanol–water partition coefficient (Wildman–Crippen LogP) is 2.97. The molecule has 3 aromatic rings. The lowest BCUT2D eigenvalue weighted by Gasteiger charge is -2.06. The molecule has 0 amide bonds. The van der Waals surface area contributed by atoms with Crippen LogP contribution >= 0.6 is 0 Å². The minimum Gasteiger partial charge on any atom is -0.340 e. The molecule has 0 spiro atoms. The third-order valence-corrected chi connectivity index (χ3v) is 3.33. The molecule has 2 aromatic heterocycles. The maximum Gasteiger partial charge on any atom is 0.134 e. The summed E-state index contributed by atoms with van der Waals surface area (Å²) in [4.78, 5) is 8.87. The molecular weight excluding hydrogens is 238 g/mol. The van der Waals surface area contributed by atoms with Crippen LogP contribution in [0.5, 0.6) is 0 Å². The van der Waals surface area contributed by atoms with E-state index in [0.717, 1.165) is 28.2 Å². The zero-order valence-corrected chi connectivity index (χ0v) is 10.3. The molecule has 2 heterocycles. The van der Waals surface area contributed by atoms with Crippen molar-refractivity contribution < 1.29 is 0 Å². The van der Waals surface area contributed by atoms with Gasteiger partial charge in [-0.3, -0.25) is 5.10 Å². The van der Waals surface area contributed by atoms with Gasteiger partial charge in [0.1, 0.15) is 11.6 Å². The largest absolute Gasteiger partial charge is 0.340 e. The van der Waals surface area contributed by atoms with Gasteiger partial charge in [-0.15, -0.1) is 0 Å². The number of aromatic nitrogens is 4. The Morgan fingerprint density at radius 1 is 1.21 bits per heavy atom. The van der Waals surface area contributed by atoms with Gasteiger partial charge in [0.15, 0.2) is 0 Å². The maximum absolute atomic E-state index is 4.55. The van der Waals surface area contributed by atoms with Crippen molar-refractivity contribution >= 4 is 22.4 Å². The molecule has 5 heteroatoms. The SMILES string of the molecule is c1cc(Nc2ccc3[nH]ncc3c2)nc(C2CC2)n1. The summed E-state index contributed by atoms with van der Waals surface area (Å²) in [6.07, 6.45) is 6.06. The standard InChI is InChI=1S/C14H13N5/c1-2-9(1)14-15-6-5-13(18-14)17-11-3-4-12-10(7-11)8-16-19-12/h3-9H,1-2H2,(H,16,19)(H,15,17,18). The lowest BCUT2D eigenvalue weighted by molar-refractivity contribution is 0.930.